The quantitative estimate of drug-likeness (QED) is 0.878. The molecular formula is C16H26N2O2S. The van der Waals surface area contributed by atoms with Gasteiger partial charge in [0.25, 0.3) is 0 Å². The van der Waals surface area contributed by atoms with Crippen molar-refractivity contribution in [1.29, 1.82) is 0 Å². The highest BCUT2D eigenvalue weighted by Gasteiger charge is 2.26. The average Bonchev–Trinajstić information content (AvgIpc) is 2.48. The van der Waals surface area contributed by atoms with Crippen LogP contribution in [0.3, 0.4) is 0 Å². The highest BCUT2D eigenvalue weighted by Crippen LogP contribution is 2.28. The molecule has 3 N–H and O–H groups in total. The third-order valence-corrected chi connectivity index (χ3v) is 6.19. The number of benzene rings is 1. The Labute approximate surface area is 128 Å². The molecule has 0 saturated heterocycles. The van der Waals surface area contributed by atoms with E-state index >= 15 is 0 Å². The number of hydrogen-bond donors (Lipinski definition) is 2. The molecule has 1 saturated carbocycles. The van der Waals surface area contributed by atoms with Crippen molar-refractivity contribution in [1.82, 2.24) is 4.72 Å². The summed E-state index contributed by atoms with van der Waals surface area (Å²) >= 11 is 0. The van der Waals surface area contributed by atoms with E-state index in [-0.39, 0.29) is 6.04 Å². The van der Waals surface area contributed by atoms with Crippen LogP contribution in [0.2, 0.25) is 0 Å². The van der Waals surface area contributed by atoms with E-state index in [9.17, 15) is 8.42 Å². The molecule has 4 nitrogen and oxygen atoms in total. The van der Waals surface area contributed by atoms with Gasteiger partial charge in [0, 0.05) is 12.6 Å². The monoisotopic (exact) mass is 310 g/mol. The maximum Gasteiger partial charge on any atom is 0.241 e. The lowest BCUT2D eigenvalue weighted by atomic mass is 9.85. The summed E-state index contributed by atoms with van der Waals surface area (Å²) in [6, 6.07) is 5.46. The smallest absolute Gasteiger partial charge is 0.241 e. The van der Waals surface area contributed by atoms with Crippen LogP contribution in [-0.4, -0.2) is 14.5 Å². The van der Waals surface area contributed by atoms with Crippen LogP contribution in [-0.2, 0) is 16.6 Å². The molecule has 1 aromatic carbocycles. The first-order valence-electron chi connectivity index (χ1n) is 7.78. The second-order valence-electron chi connectivity index (χ2n) is 6.05. The molecule has 1 aliphatic carbocycles. The van der Waals surface area contributed by atoms with Crippen LogP contribution in [0.25, 0.3) is 0 Å². The molecule has 1 aromatic rings. The van der Waals surface area contributed by atoms with Gasteiger partial charge in [-0.2, -0.15) is 0 Å². The van der Waals surface area contributed by atoms with Crippen LogP contribution >= 0.6 is 0 Å². The van der Waals surface area contributed by atoms with Gasteiger partial charge >= 0.3 is 0 Å². The van der Waals surface area contributed by atoms with Gasteiger partial charge < -0.3 is 5.73 Å². The number of sulfonamides is 1. The third kappa shape index (κ3) is 4.05. The zero-order valence-electron chi connectivity index (χ0n) is 12.9. The molecule has 5 heteroatoms. The minimum atomic E-state index is -3.45. The fraction of sp³-hybridized carbons (Fsp3) is 0.625. The number of rotatable bonds is 5. The third-order valence-electron chi connectivity index (χ3n) is 4.52. The molecule has 0 amide bonds. The number of nitrogens with two attached hydrogens (primary N) is 1. The van der Waals surface area contributed by atoms with E-state index in [0.29, 0.717) is 11.4 Å². The molecule has 1 fully saturated rings. The van der Waals surface area contributed by atoms with Gasteiger partial charge in [-0.05, 0) is 55.7 Å². The topological polar surface area (TPSA) is 72.2 Å². The maximum absolute atomic E-state index is 12.6. The molecule has 21 heavy (non-hydrogen) atoms. The Hall–Kier alpha value is -0.910. The molecule has 0 aromatic heterocycles. The van der Waals surface area contributed by atoms with E-state index < -0.39 is 10.0 Å². The lowest BCUT2D eigenvalue weighted by Gasteiger charge is -2.28. The van der Waals surface area contributed by atoms with Crippen molar-refractivity contribution < 1.29 is 8.42 Å². The van der Waals surface area contributed by atoms with Crippen molar-refractivity contribution in [2.75, 3.05) is 0 Å². The second-order valence-corrected chi connectivity index (χ2v) is 7.73. The van der Waals surface area contributed by atoms with E-state index in [1.807, 2.05) is 19.1 Å². The van der Waals surface area contributed by atoms with E-state index in [0.717, 1.165) is 42.7 Å². The van der Waals surface area contributed by atoms with Gasteiger partial charge in [-0.1, -0.05) is 25.5 Å². The van der Waals surface area contributed by atoms with Crippen molar-refractivity contribution in [2.45, 2.75) is 63.4 Å². The number of nitrogens with one attached hydrogen (secondary N) is 1. The summed E-state index contributed by atoms with van der Waals surface area (Å²) in [6.45, 7) is 4.38. The SMILES string of the molecule is CCC1CCC(NS(=O)(=O)c2cc(CN)ccc2C)CC1. The lowest BCUT2D eigenvalue weighted by molar-refractivity contribution is 0.306. The van der Waals surface area contributed by atoms with Crippen LogP contribution in [0.5, 0.6) is 0 Å². The van der Waals surface area contributed by atoms with Gasteiger partial charge in [-0.3, -0.25) is 0 Å². The maximum atomic E-state index is 12.6. The van der Waals surface area contributed by atoms with Gasteiger partial charge in [0.2, 0.25) is 10.0 Å². The van der Waals surface area contributed by atoms with E-state index in [1.54, 1.807) is 6.07 Å². The summed E-state index contributed by atoms with van der Waals surface area (Å²) in [4.78, 5) is 0.364. The van der Waals surface area contributed by atoms with Crippen LogP contribution in [0.4, 0.5) is 0 Å². The first-order valence-corrected chi connectivity index (χ1v) is 9.26. The molecule has 0 aliphatic heterocycles. The Bertz CT molecular complexity index is 576. The fourth-order valence-corrected chi connectivity index (χ4v) is 4.63. The molecule has 0 bridgehead atoms. The molecule has 2 rings (SSSR count). The summed E-state index contributed by atoms with van der Waals surface area (Å²) in [6.07, 6.45) is 5.30. The Morgan fingerprint density at radius 2 is 1.90 bits per heavy atom. The van der Waals surface area contributed by atoms with E-state index in [4.69, 9.17) is 5.73 Å². The minimum absolute atomic E-state index is 0.0683. The van der Waals surface area contributed by atoms with Crippen molar-refractivity contribution >= 4 is 10.0 Å². The van der Waals surface area contributed by atoms with Crippen molar-refractivity contribution in [2.24, 2.45) is 11.7 Å². The summed E-state index contributed by atoms with van der Waals surface area (Å²) in [7, 11) is -3.45. The van der Waals surface area contributed by atoms with Crippen LogP contribution in [0.15, 0.2) is 23.1 Å². The summed E-state index contributed by atoms with van der Waals surface area (Å²) in [5.74, 6) is 0.757. The molecule has 0 radical (unpaired) electrons. The number of aryl methyl sites for hydroxylation is 1. The van der Waals surface area contributed by atoms with Crippen LogP contribution in [0, 0.1) is 12.8 Å². The highest BCUT2D eigenvalue weighted by molar-refractivity contribution is 7.89. The predicted molar refractivity (Wildman–Crippen MR) is 85.4 cm³/mol. The molecule has 1 aliphatic rings. The predicted octanol–water partition coefficient (Wildman–Crippen LogP) is 2.70. The fourth-order valence-electron chi connectivity index (χ4n) is 3.03. The van der Waals surface area contributed by atoms with Gasteiger partial charge in [-0.25, -0.2) is 13.1 Å². The first-order chi connectivity index (χ1) is 9.96. The van der Waals surface area contributed by atoms with Gasteiger partial charge in [-0.15, -0.1) is 0 Å². The molecule has 0 atom stereocenters. The lowest BCUT2D eigenvalue weighted by Crippen LogP contribution is -2.37. The van der Waals surface area contributed by atoms with Gasteiger partial charge in [0.1, 0.15) is 0 Å². The first kappa shape index (κ1) is 16.5. The van der Waals surface area contributed by atoms with E-state index in [2.05, 4.69) is 11.6 Å². The molecule has 0 spiro atoms. The minimum Gasteiger partial charge on any atom is -0.326 e. The van der Waals surface area contributed by atoms with Crippen LogP contribution < -0.4 is 10.5 Å². The summed E-state index contributed by atoms with van der Waals surface area (Å²) in [5.41, 5.74) is 7.22. The molecule has 118 valence electrons. The zero-order chi connectivity index (χ0) is 15.5. The molecule has 0 unspecified atom stereocenters. The Kier molecular flexibility index (Phi) is 5.41. The Morgan fingerprint density at radius 1 is 1.24 bits per heavy atom. The average molecular weight is 310 g/mol. The molecular weight excluding hydrogens is 284 g/mol. The highest BCUT2D eigenvalue weighted by atomic mass is 32.2. The summed E-state index contributed by atoms with van der Waals surface area (Å²) < 4.78 is 28.1. The van der Waals surface area contributed by atoms with Gasteiger partial charge in [0.05, 0.1) is 4.90 Å². The largest absolute Gasteiger partial charge is 0.326 e. The van der Waals surface area contributed by atoms with Gasteiger partial charge in [0.15, 0.2) is 0 Å². The zero-order valence-corrected chi connectivity index (χ0v) is 13.7. The standard InChI is InChI=1S/C16H26N2O2S/c1-3-13-6-8-15(9-7-13)18-21(19,20)16-10-14(11-17)5-4-12(16)2/h4-5,10,13,15,18H,3,6-9,11,17H2,1-2H3. The Balaban J connectivity index is 2.12. The normalized spacial score (nSPS) is 23.2. The van der Waals surface area contributed by atoms with Crippen molar-refractivity contribution in [3.05, 3.63) is 29.3 Å². The second kappa shape index (κ2) is 6.90. The van der Waals surface area contributed by atoms with E-state index in [1.165, 1.54) is 6.42 Å². The van der Waals surface area contributed by atoms with Crippen molar-refractivity contribution in [3.8, 4) is 0 Å². The van der Waals surface area contributed by atoms with Crippen molar-refractivity contribution in [3.63, 3.8) is 0 Å². The molecule has 0 heterocycles. The summed E-state index contributed by atoms with van der Waals surface area (Å²) in [5, 5.41) is 0. The number of hydrogen-bond acceptors (Lipinski definition) is 3. The Morgan fingerprint density at radius 3 is 2.48 bits per heavy atom. The van der Waals surface area contributed by atoms with Crippen LogP contribution in [0.1, 0.15) is 50.2 Å².